The number of likely N-dealkylation sites (tertiary alicyclic amines) is 1. The lowest BCUT2D eigenvalue weighted by Gasteiger charge is -2.39. The molecular formula is C23H27Cl2N3O. The van der Waals surface area contributed by atoms with Crippen molar-refractivity contribution in [2.75, 3.05) is 44.2 Å². The first-order valence-corrected chi connectivity index (χ1v) is 11.1. The summed E-state index contributed by atoms with van der Waals surface area (Å²) in [6, 6.07) is 15.9. The maximum atomic E-state index is 13.1. The van der Waals surface area contributed by atoms with Crippen LogP contribution < -0.4 is 4.90 Å². The predicted octanol–water partition coefficient (Wildman–Crippen LogP) is 4.55. The van der Waals surface area contributed by atoms with Gasteiger partial charge in [0.1, 0.15) is 0 Å². The Morgan fingerprint density at radius 2 is 1.76 bits per heavy atom. The van der Waals surface area contributed by atoms with Crippen molar-refractivity contribution in [3.05, 3.63) is 64.1 Å². The molecule has 1 amide bonds. The minimum atomic E-state index is 0.0870. The van der Waals surface area contributed by atoms with Gasteiger partial charge in [0, 0.05) is 55.0 Å². The third kappa shape index (κ3) is 5.06. The second kappa shape index (κ2) is 9.38. The van der Waals surface area contributed by atoms with E-state index in [9.17, 15) is 4.79 Å². The van der Waals surface area contributed by atoms with Gasteiger partial charge in [0.25, 0.3) is 0 Å². The fourth-order valence-corrected chi connectivity index (χ4v) is 4.76. The summed E-state index contributed by atoms with van der Waals surface area (Å²) in [4.78, 5) is 19.9. The SMILES string of the molecule is O=C([C@@H]1CCCN(Cc2ccccc2Cl)C1)N1CCN(c2cccc(Cl)c2)CC1. The summed E-state index contributed by atoms with van der Waals surface area (Å²) in [7, 11) is 0. The van der Waals surface area contributed by atoms with Crippen molar-refractivity contribution in [3.8, 4) is 0 Å². The number of hydrogen-bond donors (Lipinski definition) is 0. The van der Waals surface area contributed by atoms with E-state index >= 15 is 0 Å². The molecule has 0 saturated carbocycles. The molecular weight excluding hydrogens is 405 g/mol. The molecule has 29 heavy (non-hydrogen) atoms. The standard InChI is InChI=1S/C23H27Cl2N3O/c24-20-7-3-8-21(15-20)27-11-13-28(14-12-27)23(29)19-6-4-10-26(17-19)16-18-5-1-2-9-22(18)25/h1-3,5,7-9,15,19H,4,6,10-14,16-17H2/t19-/m1/s1. The molecule has 6 heteroatoms. The third-order valence-corrected chi connectivity index (χ3v) is 6.58. The largest absolute Gasteiger partial charge is 0.368 e. The molecule has 0 N–H and O–H groups in total. The van der Waals surface area contributed by atoms with Gasteiger partial charge >= 0.3 is 0 Å². The van der Waals surface area contributed by atoms with E-state index in [4.69, 9.17) is 23.2 Å². The van der Waals surface area contributed by atoms with Crippen molar-refractivity contribution in [1.82, 2.24) is 9.80 Å². The summed E-state index contributed by atoms with van der Waals surface area (Å²) in [5.74, 6) is 0.392. The maximum Gasteiger partial charge on any atom is 0.227 e. The van der Waals surface area contributed by atoms with Crippen LogP contribution in [0.25, 0.3) is 0 Å². The molecule has 0 unspecified atom stereocenters. The summed E-state index contributed by atoms with van der Waals surface area (Å²) >= 11 is 12.4. The Balaban J connectivity index is 1.32. The van der Waals surface area contributed by atoms with E-state index < -0.39 is 0 Å². The first-order valence-electron chi connectivity index (χ1n) is 10.4. The van der Waals surface area contributed by atoms with Crippen molar-refractivity contribution in [1.29, 1.82) is 0 Å². The Morgan fingerprint density at radius 1 is 0.966 bits per heavy atom. The number of carbonyl (C=O) groups excluding carboxylic acids is 1. The first-order chi connectivity index (χ1) is 14.1. The lowest BCUT2D eigenvalue weighted by atomic mass is 9.95. The summed E-state index contributed by atoms with van der Waals surface area (Å²) in [6.45, 7) is 5.89. The van der Waals surface area contributed by atoms with Crippen LogP contribution in [0.4, 0.5) is 5.69 Å². The van der Waals surface area contributed by atoms with E-state index in [1.165, 1.54) is 0 Å². The second-order valence-corrected chi connectivity index (χ2v) is 8.80. The number of benzene rings is 2. The third-order valence-electron chi connectivity index (χ3n) is 5.97. The van der Waals surface area contributed by atoms with Crippen LogP contribution in [0.3, 0.4) is 0 Å². The van der Waals surface area contributed by atoms with E-state index in [0.29, 0.717) is 5.91 Å². The molecule has 4 rings (SSSR count). The number of hydrogen-bond acceptors (Lipinski definition) is 3. The smallest absolute Gasteiger partial charge is 0.227 e. The molecule has 2 aromatic carbocycles. The zero-order chi connectivity index (χ0) is 20.2. The van der Waals surface area contributed by atoms with Gasteiger partial charge in [0.15, 0.2) is 0 Å². The van der Waals surface area contributed by atoms with Crippen LogP contribution in [0.15, 0.2) is 48.5 Å². The Hall–Kier alpha value is -1.75. The molecule has 2 aromatic rings. The normalized spacial score (nSPS) is 20.7. The topological polar surface area (TPSA) is 26.8 Å². The van der Waals surface area contributed by atoms with Gasteiger partial charge < -0.3 is 9.80 Å². The number of piperazine rings is 1. The average Bonchev–Trinajstić information content (AvgIpc) is 2.75. The summed E-state index contributed by atoms with van der Waals surface area (Å²) in [5.41, 5.74) is 2.27. The molecule has 0 radical (unpaired) electrons. The molecule has 2 saturated heterocycles. The summed E-state index contributed by atoms with van der Waals surface area (Å²) < 4.78 is 0. The van der Waals surface area contributed by atoms with Crippen molar-refractivity contribution in [2.45, 2.75) is 19.4 Å². The zero-order valence-electron chi connectivity index (χ0n) is 16.6. The molecule has 2 heterocycles. The van der Waals surface area contributed by atoms with Crippen LogP contribution in [0.1, 0.15) is 18.4 Å². The monoisotopic (exact) mass is 431 g/mol. The number of rotatable bonds is 4. The molecule has 1 atom stereocenters. The Kier molecular flexibility index (Phi) is 6.63. The molecule has 0 spiro atoms. The van der Waals surface area contributed by atoms with E-state index in [2.05, 4.69) is 21.9 Å². The van der Waals surface area contributed by atoms with Gasteiger partial charge in [-0.15, -0.1) is 0 Å². The van der Waals surface area contributed by atoms with Gasteiger partial charge in [-0.1, -0.05) is 47.5 Å². The highest BCUT2D eigenvalue weighted by molar-refractivity contribution is 6.31. The number of anilines is 1. The number of halogens is 2. The van der Waals surface area contributed by atoms with Crippen molar-refractivity contribution >= 4 is 34.8 Å². The van der Waals surface area contributed by atoms with E-state index in [1.54, 1.807) is 0 Å². The highest BCUT2D eigenvalue weighted by atomic mass is 35.5. The van der Waals surface area contributed by atoms with E-state index in [0.717, 1.165) is 80.0 Å². The van der Waals surface area contributed by atoms with Crippen LogP contribution >= 0.6 is 23.2 Å². The molecule has 2 aliphatic heterocycles. The van der Waals surface area contributed by atoms with Gasteiger partial charge in [-0.3, -0.25) is 9.69 Å². The molecule has 4 nitrogen and oxygen atoms in total. The number of nitrogens with zero attached hydrogens (tertiary/aromatic N) is 3. The van der Waals surface area contributed by atoms with Gasteiger partial charge in [-0.05, 0) is 49.2 Å². The van der Waals surface area contributed by atoms with Crippen LogP contribution in [0, 0.1) is 5.92 Å². The Bertz CT molecular complexity index is 852. The van der Waals surface area contributed by atoms with Gasteiger partial charge in [-0.25, -0.2) is 0 Å². The molecule has 0 aliphatic carbocycles. The molecule has 154 valence electrons. The maximum absolute atomic E-state index is 13.1. The molecule has 0 aromatic heterocycles. The highest BCUT2D eigenvalue weighted by Gasteiger charge is 2.31. The summed E-state index contributed by atoms with van der Waals surface area (Å²) in [5, 5.41) is 1.56. The first kappa shape index (κ1) is 20.5. The van der Waals surface area contributed by atoms with Crippen molar-refractivity contribution in [3.63, 3.8) is 0 Å². The van der Waals surface area contributed by atoms with Crippen molar-refractivity contribution < 1.29 is 4.79 Å². The fraction of sp³-hybridized carbons (Fsp3) is 0.435. The summed E-state index contributed by atoms with van der Waals surface area (Å²) in [6.07, 6.45) is 2.04. The van der Waals surface area contributed by atoms with Gasteiger partial charge in [-0.2, -0.15) is 0 Å². The van der Waals surface area contributed by atoms with Crippen LogP contribution in [0.5, 0.6) is 0 Å². The zero-order valence-corrected chi connectivity index (χ0v) is 18.1. The second-order valence-electron chi connectivity index (χ2n) is 7.96. The number of carbonyl (C=O) groups is 1. The number of piperidine rings is 1. The Labute approximate surface area is 183 Å². The van der Waals surface area contributed by atoms with Gasteiger partial charge in [0.05, 0.1) is 5.92 Å². The molecule has 0 bridgehead atoms. The number of amides is 1. The van der Waals surface area contributed by atoms with E-state index in [1.807, 2.05) is 41.3 Å². The lowest BCUT2D eigenvalue weighted by Crippen LogP contribution is -2.52. The van der Waals surface area contributed by atoms with Crippen LogP contribution in [-0.2, 0) is 11.3 Å². The fourth-order valence-electron chi connectivity index (χ4n) is 4.38. The average molecular weight is 432 g/mol. The highest BCUT2D eigenvalue weighted by Crippen LogP contribution is 2.25. The lowest BCUT2D eigenvalue weighted by molar-refractivity contribution is -0.137. The van der Waals surface area contributed by atoms with Crippen LogP contribution in [-0.4, -0.2) is 55.0 Å². The molecule has 2 fully saturated rings. The van der Waals surface area contributed by atoms with E-state index in [-0.39, 0.29) is 5.92 Å². The predicted molar refractivity (Wildman–Crippen MR) is 120 cm³/mol. The molecule has 2 aliphatic rings. The van der Waals surface area contributed by atoms with Gasteiger partial charge in [0.2, 0.25) is 5.91 Å². The van der Waals surface area contributed by atoms with Crippen LogP contribution in [0.2, 0.25) is 10.0 Å². The minimum absolute atomic E-state index is 0.0870. The Morgan fingerprint density at radius 3 is 2.52 bits per heavy atom. The quantitative estimate of drug-likeness (QED) is 0.709. The van der Waals surface area contributed by atoms with Crippen molar-refractivity contribution in [2.24, 2.45) is 5.92 Å². The minimum Gasteiger partial charge on any atom is -0.368 e.